The van der Waals surface area contributed by atoms with Crippen LogP contribution in [0.1, 0.15) is 19.9 Å². The van der Waals surface area contributed by atoms with Crippen LogP contribution in [0.15, 0.2) is 17.3 Å². The molecule has 0 unspecified atom stereocenters. The maximum Gasteiger partial charge on any atom is 0.147 e. The molecule has 1 aromatic rings. The molecule has 0 aliphatic rings. The van der Waals surface area contributed by atoms with Crippen molar-refractivity contribution in [3.63, 3.8) is 0 Å². The first kappa shape index (κ1) is 8.53. The lowest BCUT2D eigenvalue weighted by atomic mass is 10.4. The molecule has 1 heterocycles. The predicted molar refractivity (Wildman–Crippen MR) is 48.3 cm³/mol. The summed E-state index contributed by atoms with van der Waals surface area (Å²) >= 11 is 1.57. The summed E-state index contributed by atoms with van der Waals surface area (Å²) in [6.45, 7) is 4.19. The molecule has 0 spiro atoms. The predicted octanol–water partition coefficient (Wildman–Crippen LogP) is 2.50. The van der Waals surface area contributed by atoms with Crippen LogP contribution < -0.4 is 0 Å². The van der Waals surface area contributed by atoms with Crippen LogP contribution in [0.4, 0.5) is 0 Å². The maximum absolute atomic E-state index is 9.34. The minimum absolute atomic E-state index is 0.381. The van der Waals surface area contributed by atoms with Crippen molar-refractivity contribution in [2.24, 2.45) is 0 Å². The lowest BCUT2D eigenvalue weighted by Crippen LogP contribution is -1.99. The standard InChI is InChI=1S/C8H13NOS/c1-6(2)9-5-4-7(10)8(9)11-3/h4-6,10H,1-3H3. The summed E-state index contributed by atoms with van der Waals surface area (Å²) in [6.07, 6.45) is 3.87. The number of nitrogens with zero attached hydrogens (tertiary/aromatic N) is 1. The van der Waals surface area contributed by atoms with E-state index in [1.54, 1.807) is 17.8 Å². The second-order valence-corrected chi connectivity index (χ2v) is 3.51. The molecule has 0 aromatic carbocycles. The van der Waals surface area contributed by atoms with Gasteiger partial charge in [0.15, 0.2) is 0 Å². The molecule has 3 heteroatoms. The monoisotopic (exact) mass is 171 g/mol. The fourth-order valence-corrected chi connectivity index (χ4v) is 1.80. The van der Waals surface area contributed by atoms with Crippen LogP contribution in [-0.2, 0) is 0 Å². The Bertz CT molecular complexity index is 242. The van der Waals surface area contributed by atoms with Crippen LogP contribution in [0.5, 0.6) is 5.75 Å². The van der Waals surface area contributed by atoms with Crippen molar-refractivity contribution in [3.05, 3.63) is 12.3 Å². The highest BCUT2D eigenvalue weighted by Gasteiger charge is 2.08. The van der Waals surface area contributed by atoms with Gasteiger partial charge in [-0.25, -0.2) is 0 Å². The zero-order valence-electron chi connectivity index (χ0n) is 7.03. The van der Waals surface area contributed by atoms with Gasteiger partial charge in [-0.1, -0.05) is 0 Å². The topological polar surface area (TPSA) is 25.2 Å². The van der Waals surface area contributed by atoms with Crippen molar-refractivity contribution in [1.29, 1.82) is 0 Å². The molecule has 0 radical (unpaired) electrons. The van der Waals surface area contributed by atoms with Gasteiger partial charge < -0.3 is 9.67 Å². The van der Waals surface area contributed by atoms with Gasteiger partial charge in [-0.3, -0.25) is 0 Å². The van der Waals surface area contributed by atoms with Gasteiger partial charge in [0, 0.05) is 12.2 Å². The molecule has 2 nitrogen and oxygen atoms in total. The van der Waals surface area contributed by atoms with E-state index in [1.165, 1.54) is 0 Å². The maximum atomic E-state index is 9.34. The molecule has 0 fully saturated rings. The Morgan fingerprint density at radius 3 is 2.55 bits per heavy atom. The summed E-state index contributed by atoms with van der Waals surface area (Å²) in [4.78, 5) is 0. The lowest BCUT2D eigenvalue weighted by molar-refractivity contribution is 0.446. The minimum atomic E-state index is 0.381. The van der Waals surface area contributed by atoms with Crippen molar-refractivity contribution in [2.45, 2.75) is 24.9 Å². The van der Waals surface area contributed by atoms with E-state index in [9.17, 15) is 5.11 Å². The van der Waals surface area contributed by atoms with Gasteiger partial charge >= 0.3 is 0 Å². The van der Waals surface area contributed by atoms with Gasteiger partial charge in [-0.2, -0.15) is 0 Å². The normalized spacial score (nSPS) is 10.9. The Balaban J connectivity index is 3.05. The summed E-state index contributed by atoms with van der Waals surface area (Å²) in [7, 11) is 0. The fraction of sp³-hybridized carbons (Fsp3) is 0.500. The Labute approximate surface area is 71.2 Å². The number of hydrogen-bond acceptors (Lipinski definition) is 2. The smallest absolute Gasteiger partial charge is 0.147 e. The molecule has 0 aliphatic carbocycles. The van der Waals surface area contributed by atoms with Gasteiger partial charge in [0.25, 0.3) is 0 Å². The van der Waals surface area contributed by atoms with Gasteiger partial charge in [0.05, 0.1) is 0 Å². The van der Waals surface area contributed by atoms with Crippen LogP contribution in [-0.4, -0.2) is 15.9 Å². The van der Waals surface area contributed by atoms with Crippen molar-refractivity contribution < 1.29 is 5.11 Å². The number of thioether (sulfide) groups is 1. The molecule has 0 amide bonds. The first-order chi connectivity index (χ1) is 5.16. The molecule has 0 saturated heterocycles. The summed E-state index contributed by atoms with van der Waals surface area (Å²) in [5.74, 6) is 0.381. The Morgan fingerprint density at radius 1 is 1.55 bits per heavy atom. The quantitative estimate of drug-likeness (QED) is 0.692. The summed E-state index contributed by atoms with van der Waals surface area (Å²) in [5, 5.41) is 10.3. The Morgan fingerprint density at radius 2 is 2.18 bits per heavy atom. The average molecular weight is 171 g/mol. The molecule has 0 saturated carbocycles. The van der Waals surface area contributed by atoms with Crippen LogP contribution in [0.3, 0.4) is 0 Å². The van der Waals surface area contributed by atoms with Crippen molar-refractivity contribution >= 4 is 11.8 Å². The highest BCUT2D eigenvalue weighted by atomic mass is 32.2. The van der Waals surface area contributed by atoms with Gasteiger partial charge in [-0.05, 0) is 26.2 Å². The minimum Gasteiger partial charge on any atom is -0.505 e. The Hall–Kier alpha value is -0.570. The van der Waals surface area contributed by atoms with E-state index in [1.807, 2.05) is 12.5 Å². The highest BCUT2D eigenvalue weighted by molar-refractivity contribution is 7.98. The van der Waals surface area contributed by atoms with Gasteiger partial charge in [0.1, 0.15) is 10.8 Å². The number of aromatic nitrogens is 1. The molecule has 1 rings (SSSR count). The van der Waals surface area contributed by atoms with Crippen molar-refractivity contribution in [2.75, 3.05) is 6.26 Å². The second kappa shape index (κ2) is 3.22. The van der Waals surface area contributed by atoms with Gasteiger partial charge in [-0.15, -0.1) is 11.8 Å². The largest absolute Gasteiger partial charge is 0.505 e. The first-order valence-electron chi connectivity index (χ1n) is 3.60. The summed E-state index contributed by atoms with van der Waals surface area (Å²) in [6, 6.07) is 2.14. The second-order valence-electron chi connectivity index (χ2n) is 2.71. The molecule has 0 bridgehead atoms. The summed E-state index contributed by atoms with van der Waals surface area (Å²) < 4.78 is 2.06. The van der Waals surface area contributed by atoms with Crippen LogP contribution >= 0.6 is 11.8 Å². The molecule has 0 aliphatic heterocycles. The molecule has 1 aromatic heterocycles. The summed E-state index contributed by atoms with van der Waals surface area (Å²) in [5.41, 5.74) is 0. The fourth-order valence-electron chi connectivity index (χ4n) is 1.04. The van der Waals surface area contributed by atoms with Gasteiger partial charge in [0.2, 0.25) is 0 Å². The lowest BCUT2D eigenvalue weighted by Gasteiger charge is -2.10. The van der Waals surface area contributed by atoms with Crippen LogP contribution in [0, 0.1) is 0 Å². The van der Waals surface area contributed by atoms with Crippen molar-refractivity contribution in [1.82, 2.24) is 4.57 Å². The van der Waals surface area contributed by atoms with Crippen LogP contribution in [0.2, 0.25) is 0 Å². The number of rotatable bonds is 2. The molecule has 62 valence electrons. The number of hydrogen-bond donors (Lipinski definition) is 1. The third-order valence-electron chi connectivity index (χ3n) is 1.60. The molecule has 11 heavy (non-hydrogen) atoms. The average Bonchev–Trinajstić information content (AvgIpc) is 2.30. The number of aromatic hydroxyl groups is 1. The first-order valence-corrected chi connectivity index (χ1v) is 4.83. The van der Waals surface area contributed by atoms with E-state index >= 15 is 0 Å². The molecular weight excluding hydrogens is 158 g/mol. The SMILES string of the molecule is CSc1c(O)ccn1C(C)C. The highest BCUT2D eigenvalue weighted by Crippen LogP contribution is 2.29. The zero-order valence-corrected chi connectivity index (χ0v) is 7.85. The van der Waals surface area contributed by atoms with E-state index in [2.05, 4.69) is 18.4 Å². The zero-order chi connectivity index (χ0) is 8.43. The van der Waals surface area contributed by atoms with Crippen LogP contribution in [0.25, 0.3) is 0 Å². The third kappa shape index (κ3) is 1.53. The van der Waals surface area contributed by atoms with E-state index in [-0.39, 0.29) is 0 Å². The van der Waals surface area contributed by atoms with E-state index in [4.69, 9.17) is 0 Å². The Kier molecular flexibility index (Phi) is 2.49. The van der Waals surface area contributed by atoms with E-state index in [0.29, 0.717) is 11.8 Å². The van der Waals surface area contributed by atoms with E-state index < -0.39 is 0 Å². The molecule has 1 N–H and O–H groups in total. The van der Waals surface area contributed by atoms with E-state index in [0.717, 1.165) is 5.03 Å². The molecular formula is C8H13NOS. The third-order valence-corrected chi connectivity index (χ3v) is 2.40. The van der Waals surface area contributed by atoms with Crippen molar-refractivity contribution in [3.8, 4) is 5.75 Å². The molecule has 0 atom stereocenters.